The van der Waals surface area contributed by atoms with Crippen molar-refractivity contribution in [1.82, 2.24) is 10.2 Å². The number of amides is 3. The van der Waals surface area contributed by atoms with Crippen molar-refractivity contribution in [3.8, 4) is 0 Å². The number of carbonyl (C=O) groups excluding carboxylic acids is 2. The molecule has 1 aliphatic rings. The van der Waals surface area contributed by atoms with Gasteiger partial charge in [0.25, 0.3) is 5.91 Å². The number of likely N-dealkylation sites (tertiary alicyclic amines) is 1. The molecule has 0 aliphatic carbocycles. The van der Waals surface area contributed by atoms with Gasteiger partial charge in [-0.1, -0.05) is 42.5 Å². The van der Waals surface area contributed by atoms with Gasteiger partial charge in [0.2, 0.25) is 0 Å². The van der Waals surface area contributed by atoms with E-state index in [1.165, 1.54) is 5.56 Å². The Balaban J connectivity index is 1.56. The third-order valence-electron chi connectivity index (χ3n) is 4.72. The Labute approximate surface area is 147 Å². The minimum Gasteiger partial charge on any atom is -0.352 e. The molecule has 0 radical (unpaired) electrons. The van der Waals surface area contributed by atoms with Gasteiger partial charge in [0, 0.05) is 25.2 Å². The summed E-state index contributed by atoms with van der Waals surface area (Å²) in [4.78, 5) is 25.3. The number of nitrogens with one attached hydrogen (secondary N) is 1. The highest BCUT2D eigenvalue weighted by Gasteiger charge is 2.24. The molecule has 0 bridgehead atoms. The molecule has 1 saturated heterocycles. The fraction of sp³-hybridized carbons (Fsp3) is 0.300. The molecule has 1 aliphatic heterocycles. The summed E-state index contributed by atoms with van der Waals surface area (Å²) in [6, 6.07) is 17.3. The van der Waals surface area contributed by atoms with E-state index in [4.69, 9.17) is 5.73 Å². The number of nitrogens with two attached hydrogens (primary N) is 1. The fourth-order valence-electron chi connectivity index (χ4n) is 3.28. The first-order valence-corrected chi connectivity index (χ1v) is 8.60. The van der Waals surface area contributed by atoms with Crippen LogP contribution < -0.4 is 11.1 Å². The van der Waals surface area contributed by atoms with Gasteiger partial charge >= 0.3 is 6.03 Å². The van der Waals surface area contributed by atoms with Crippen molar-refractivity contribution in [2.45, 2.75) is 25.3 Å². The Hall–Kier alpha value is -2.82. The summed E-state index contributed by atoms with van der Waals surface area (Å²) in [7, 11) is 0. The van der Waals surface area contributed by atoms with E-state index < -0.39 is 6.03 Å². The highest BCUT2D eigenvalue weighted by molar-refractivity contribution is 5.94. The molecule has 3 rings (SSSR count). The zero-order valence-corrected chi connectivity index (χ0v) is 14.2. The zero-order chi connectivity index (χ0) is 17.6. The van der Waals surface area contributed by atoms with Crippen LogP contribution in [0.15, 0.2) is 54.6 Å². The lowest BCUT2D eigenvalue weighted by Crippen LogP contribution is -2.37. The number of hydrogen-bond acceptors (Lipinski definition) is 2. The predicted octanol–water partition coefficient (Wildman–Crippen LogP) is 2.87. The SMILES string of the molecule is NC(=O)NCc1ccc(C(=O)N2CCC(c3ccccc3)CC2)cc1. The van der Waals surface area contributed by atoms with Crippen LogP contribution in [0.4, 0.5) is 4.79 Å². The van der Waals surface area contributed by atoms with Gasteiger partial charge in [0.1, 0.15) is 0 Å². The van der Waals surface area contributed by atoms with Crippen molar-refractivity contribution in [1.29, 1.82) is 0 Å². The molecular weight excluding hydrogens is 314 g/mol. The molecule has 5 nitrogen and oxygen atoms in total. The van der Waals surface area contributed by atoms with E-state index in [-0.39, 0.29) is 5.91 Å². The summed E-state index contributed by atoms with van der Waals surface area (Å²) in [5.74, 6) is 0.605. The van der Waals surface area contributed by atoms with E-state index in [1.807, 2.05) is 35.2 Å². The Kier molecular flexibility index (Phi) is 5.33. The highest BCUT2D eigenvalue weighted by Crippen LogP contribution is 2.28. The summed E-state index contributed by atoms with van der Waals surface area (Å²) in [5.41, 5.74) is 8.02. The first-order valence-electron chi connectivity index (χ1n) is 8.60. The quantitative estimate of drug-likeness (QED) is 0.900. The van der Waals surface area contributed by atoms with Crippen molar-refractivity contribution in [3.05, 3.63) is 71.3 Å². The van der Waals surface area contributed by atoms with Gasteiger partial charge < -0.3 is 16.0 Å². The van der Waals surface area contributed by atoms with Crippen molar-refractivity contribution in [3.63, 3.8) is 0 Å². The van der Waals surface area contributed by atoms with Gasteiger partial charge in [0.15, 0.2) is 0 Å². The highest BCUT2D eigenvalue weighted by atomic mass is 16.2. The molecule has 0 aromatic heterocycles. The molecule has 1 heterocycles. The van der Waals surface area contributed by atoms with Crippen LogP contribution in [-0.4, -0.2) is 29.9 Å². The molecule has 0 unspecified atom stereocenters. The van der Waals surface area contributed by atoms with Gasteiger partial charge in [0.05, 0.1) is 0 Å². The van der Waals surface area contributed by atoms with Crippen LogP contribution in [0.1, 0.15) is 40.2 Å². The molecule has 25 heavy (non-hydrogen) atoms. The van der Waals surface area contributed by atoms with E-state index in [9.17, 15) is 9.59 Å². The molecule has 3 amide bonds. The number of hydrogen-bond donors (Lipinski definition) is 2. The van der Waals surface area contributed by atoms with Crippen LogP contribution in [0.2, 0.25) is 0 Å². The average Bonchev–Trinajstić information content (AvgIpc) is 2.67. The Morgan fingerprint density at radius 2 is 1.64 bits per heavy atom. The number of benzene rings is 2. The summed E-state index contributed by atoms with van der Waals surface area (Å²) in [6.45, 7) is 1.93. The van der Waals surface area contributed by atoms with Gasteiger partial charge in [-0.2, -0.15) is 0 Å². The maximum Gasteiger partial charge on any atom is 0.312 e. The molecule has 0 spiro atoms. The number of piperidine rings is 1. The second-order valence-corrected chi connectivity index (χ2v) is 6.39. The van der Waals surface area contributed by atoms with Crippen LogP contribution in [0.5, 0.6) is 0 Å². The first-order chi connectivity index (χ1) is 12.1. The minimum atomic E-state index is -0.554. The third-order valence-corrected chi connectivity index (χ3v) is 4.72. The van der Waals surface area contributed by atoms with Gasteiger partial charge in [-0.3, -0.25) is 4.79 Å². The number of rotatable bonds is 4. The van der Waals surface area contributed by atoms with Crippen LogP contribution >= 0.6 is 0 Å². The molecule has 3 N–H and O–H groups in total. The monoisotopic (exact) mass is 337 g/mol. The van der Waals surface area contributed by atoms with Crippen LogP contribution in [0, 0.1) is 0 Å². The van der Waals surface area contributed by atoms with E-state index in [2.05, 4.69) is 29.6 Å². The lowest BCUT2D eigenvalue weighted by atomic mass is 9.89. The lowest BCUT2D eigenvalue weighted by molar-refractivity contribution is 0.0713. The van der Waals surface area contributed by atoms with Crippen molar-refractivity contribution in [2.24, 2.45) is 5.73 Å². The van der Waals surface area contributed by atoms with Crippen molar-refractivity contribution < 1.29 is 9.59 Å². The van der Waals surface area contributed by atoms with E-state index in [1.54, 1.807) is 0 Å². The fourth-order valence-corrected chi connectivity index (χ4v) is 3.28. The average molecular weight is 337 g/mol. The molecule has 130 valence electrons. The summed E-state index contributed by atoms with van der Waals surface area (Å²) < 4.78 is 0. The summed E-state index contributed by atoms with van der Waals surface area (Å²) in [5, 5.41) is 2.54. The minimum absolute atomic E-state index is 0.0703. The zero-order valence-electron chi connectivity index (χ0n) is 14.2. The topological polar surface area (TPSA) is 75.4 Å². The van der Waals surface area contributed by atoms with E-state index in [0.717, 1.165) is 31.5 Å². The number of primary amides is 1. The van der Waals surface area contributed by atoms with Crippen molar-refractivity contribution >= 4 is 11.9 Å². The predicted molar refractivity (Wildman–Crippen MR) is 97.2 cm³/mol. The molecular formula is C20H23N3O2. The molecule has 2 aromatic carbocycles. The Morgan fingerprint density at radius 1 is 1.00 bits per heavy atom. The molecule has 5 heteroatoms. The number of urea groups is 1. The number of nitrogens with zero attached hydrogens (tertiary/aromatic N) is 1. The third kappa shape index (κ3) is 4.38. The maximum absolute atomic E-state index is 12.7. The molecule has 2 aromatic rings. The molecule has 0 saturated carbocycles. The second-order valence-electron chi connectivity index (χ2n) is 6.39. The summed E-state index contributed by atoms with van der Waals surface area (Å²) in [6.07, 6.45) is 1.99. The van der Waals surface area contributed by atoms with E-state index >= 15 is 0 Å². The number of carbonyl (C=O) groups is 2. The van der Waals surface area contributed by atoms with Crippen LogP contribution in [0.3, 0.4) is 0 Å². The molecule has 1 fully saturated rings. The first kappa shape index (κ1) is 17.0. The second kappa shape index (κ2) is 7.83. The Morgan fingerprint density at radius 3 is 2.24 bits per heavy atom. The van der Waals surface area contributed by atoms with Gasteiger partial charge in [-0.15, -0.1) is 0 Å². The smallest absolute Gasteiger partial charge is 0.312 e. The lowest BCUT2D eigenvalue weighted by Gasteiger charge is -2.32. The van der Waals surface area contributed by atoms with Crippen LogP contribution in [-0.2, 0) is 6.54 Å². The van der Waals surface area contributed by atoms with Gasteiger partial charge in [-0.25, -0.2) is 4.79 Å². The van der Waals surface area contributed by atoms with E-state index in [0.29, 0.717) is 18.0 Å². The standard InChI is InChI=1S/C20H23N3O2/c21-20(25)22-14-15-6-8-18(9-7-15)19(24)23-12-10-17(11-13-23)16-4-2-1-3-5-16/h1-9,17H,10-14H2,(H3,21,22,25). The van der Waals surface area contributed by atoms with Gasteiger partial charge in [-0.05, 0) is 42.0 Å². The Bertz CT molecular complexity index is 720. The largest absolute Gasteiger partial charge is 0.352 e. The van der Waals surface area contributed by atoms with Crippen molar-refractivity contribution in [2.75, 3.05) is 13.1 Å². The summed E-state index contributed by atoms with van der Waals surface area (Å²) >= 11 is 0. The maximum atomic E-state index is 12.7. The normalized spacial score (nSPS) is 15.0. The van der Waals surface area contributed by atoms with Crippen LogP contribution in [0.25, 0.3) is 0 Å². The molecule has 0 atom stereocenters.